The van der Waals surface area contributed by atoms with Crippen molar-refractivity contribution in [2.75, 3.05) is 19.8 Å². The smallest absolute Gasteiger partial charge is 0.223 e. The number of carbonyl (C=O) groups is 1. The van der Waals surface area contributed by atoms with Gasteiger partial charge in [0.2, 0.25) is 5.91 Å². The maximum atomic E-state index is 13.1. The van der Waals surface area contributed by atoms with Crippen molar-refractivity contribution in [3.8, 4) is 0 Å². The molecule has 1 aliphatic carbocycles. The van der Waals surface area contributed by atoms with Gasteiger partial charge in [-0.1, -0.05) is 12.8 Å². The van der Waals surface area contributed by atoms with Crippen LogP contribution in [-0.4, -0.2) is 36.4 Å². The number of carbonyl (C=O) groups excluding carboxylic acids is 1. The summed E-state index contributed by atoms with van der Waals surface area (Å²) < 4.78 is 17.2. The SMILES string of the molecule is O=C(CC1CCC2(CC1)OCCO2)N1CCCCCC1c1ccco1. The molecule has 3 heterocycles. The standard InChI is InChI=1S/C20H29NO4/c22-19(15-16-7-9-20(10-8-16)24-13-14-25-20)21-11-3-1-2-5-17(21)18-6-4-12-23-18/h4,6,12,16-17H,1-3,5,7-11,13-15H2. The molecule has 0 N–H and O–H groups in total. The summed E-state index contributed by atoms with van der Waals surface area (Å²) in [5.74, 6) is 1.34. The van der Waals surface area contributed by atoms with Gasteiger partial charge in [0.15, 0.2) is 5.79 Å². The molecule has 4 rings (SSSR count). The van der Waals surface area contributed by atoms with Crippen LogP contribution in [0.2, 0.25) is 0 Å². The Bertz CT molecular complexity index is 554. The van der Waals surface area contributed by atoms with Gasteiger partial charge in [-0.15, -0.1) is 0 Å². The zero-order valence-electron chi connectivity index (χ0n) is 15.0. The summed E-state index contributed by atoms with van der Waals surface area (Å²) in [4.78, 5) is 15.1. The first kappa shape index (κ1) is 17.1. The van der Waals surface area contributed by atoms with Crippen molar-refractivity contribution >= 4 is 5.91 Å². The third kappa shape index (κ3) is 3.77. The van der Waals surface area contributed by atoms with Gasteiger partial charge in [-0.25, -0.2) is 0 Å². The molecule has 0 bridgehead atoms. The van der Waals surface area contributed by atoms with Crippen LogP contribution < -0.4 is 0 Å². The average molecular weight is 347 g/mol. The highest BCUT2D eigenvalue weighted by molar-refractivity contribution is 5.77. The van der Waals surface area contributed by atoms with E-state index in [1.54, 1.807) is 6.26 Å². The molecule has 1 spiro atoms. The quantitative estimate of drug-likeness (QED) is 0.828. The molecule has 3 fully saturated rings. The summed E-state index contributed by atoms with van der Waals surface area (Å²) >= 11 is 0. The number of amides is 1. The Hall–Kier alpha value is -1.33. The van der Waals surface area contributed by atoms with Crippen LogP contribution in [-0.2, 0) is 14.3 Å². The van der Waals surface area contributed by atoms with Gasteiger partial charge in [-0.2, -0.15) is 0 Å². The van der Waals surface area contributed by atoms with Crippen molar-refractivity contribution in [2.24, 2.45) is 5.92 Å². The summed E-state index contributed by atoms with van der Waals surface area (Å²) in [5.41, 5.74) is 0. The van der Waals surface area contributed by atoms with Crippen molar-refractivity contribution in [1.82, 2.24) is 4.90 Å². The van der Waals surface area contributed by atoms with Gasteiger partial charge < -0.3 is 18.8 Å². The highest BCUT2D eigenvalue weighted by atomic mass is 16.7. The van der Waals surface area contributed by atoms with Crippen molar-refractivity contribution in [2.45, 2.75) is 69.6 Å². The minimum atomic E-state index is -0.334. The lowest BCUT2D eigenvalue weighted by atomic mass is 9.83. The van der Waals surface area contributed by atoms with Crippen molar-refractivity contribution in [3.63, 3.8) is 0 Å². The van der Waals surface area contributed by atoms with Gasteiger partial charge in [-0.3, -0.25) is 4.79 Å². The molecule has 25 heavy (non-hydrogen) atoms. The lowest BCUT2D eigenvalue weighted by Crippen LogP contribution is -2.39. The first-order valence-electron chi connectivity index (χ1n) is 9.87. The fraction of sp³-hybridized carbons (Fsp3) is 0.750. The molecule has 138 valence electrons. The molecule has 0 radical (unpaired) electrons. The summed E-state index contributed by atoms with van der Waals surface area (Å²) in [6.45, 7) is 2.28. The number of hydrogen-bond acceptors (Lipinski definition) is 4. The molecular weight excluding hydrogens is 318 g/mol. The van der Waals surface area contributed by atoms with Crippen molar-refractivity contribution in [3.05, 3.63) is 24.2 Å². The molecule has 1 saturated carbocycles. The molecule has 1 amide bonds. The topological polar surface area (TPSA) is 51.9 Å². The van der Waals surface area contributed by atoms with Crippen LogP contribution in [0.25, 0.3) is 0 Å². The molecule has 5 heteroatoms. The lowest BCUT2D eigenvalue weighted by Gasteiger charge is -2.36. The third-order valence-corrected chi connectivity index (χ3v) is 6.09. The number of rotatable bonds is 3. The fourth-order valence-electron chi connectivity index (χ4n) is 4.65. The number of ether oxygens (including phenoxy) is 2. The Kier molecular flexibility index (Phi) is 5.13. The molecular formula is C20H29NO4. The van der Waals surface area contributed by atoms with E-state index in [2.05, 4.69) is 4.90 Å². The zero-order chi connectivity index (χ0) is 17.1. The monoisotopic (exact) mass is 347 g/mol. The second kappa shape index (κ2) is 7.50. The van der Waals surface area contributed by atoms with Crippen LogP contribution in [0.3, 0.4) is 0 Å². The second-order valence-corrected chi connectivity index (χ2v) is 7.72. The number of hydrogen-bond donors (Lipinski definition) is 0. The minimum Gasteiger partial charge on any atom is -0.467 e. The summed E-state index contributed by atoms with van der Waals surface area (Å²) in [5, 5.41) is 0. The van der Waals surface area contributed by atoms with Crippen LogP contribution in [0.4, 0.5) is 0 Å². The van der Waals surface area contributed by atoms with E-state index in [0.717, 1.165) is 57.3 Å². The Balaban J connectivity index is 1.37. The summed E-state index contributed by atoms with van der Waals surface area (Å²) in [6.07, 6.45) is 10.7. The Morgan fingerprint density at radius 2 is 1.92 bits per heavy atom. The molecule has 1 unspecified atom stereocenters. The van der Waals surface area contributed by atoms with Crippen LogP contribution in [0, 0.1) is 5.92 Å². The van der Waals surface area contributed by atoms with Gasteiger partial charge in [0, 0.05) is 25.8 Å². The number of likely N-dealkylation sites (tertiary alicyclic amines) is 1. The summed E-state index contributed by atoms with van der Waals surface area (Å²) in [7, 11) is 0. The highest BCUT2D eigenvalue weighted by Gasteiger charge is 2.41. The van der Waals surface area contributed by atoms with Crippen LogP contribution in [0.1, 0.15) is 69.6 Å². The molecule has 0 aromatic carbocycles. The van der Waals surface area contributed by atoms with Gasteiger partial charge in [0.1, 0.15) is 5.76 Å². The van der Waals surface area contributed by atoms with Crippen LogP contribution in [0.15, 0.2) is 22.8 Å². The largest absolute Gasteiger partial charge is 0.467 e. The van der Waals surface area contributed by atoms with E-state index < -0.39 is 0 Å². The predicted molar refractivity (Wildman–Crippen MR) is 92.8 cm³/mol. The molecule has 1 atom stereocenters. The molecule has 2 aliphatic heterocycles. The molecule has 2 saturated heterocycles. The summed E-state index contributed by atoms with van der Waals surface area (Å²) in [6, 6.07) is 4.04. The van der Waals surface area contributed by atoms with Crippen molar-refractivity contribution < 1.29 is 18.7 Å². The van der Waals surface area contributed by atoms with E-state index >= 15 is 0 Å². The Morgan fingerprint density at radius 1 is 1.12 bits per heavy atom. The number of nitrogens with zero attached hydrogens (tertiary/aromatic N) is 1. The van der Waals surface area contributed by atoms with Gasteiger partial charge in [-0.05, 0) is 43.7 Å². The Morgan fingerprint density at radius 3 is 2.64 bits per heavy atom. The fourth-order valence-corrected chi connectivity index (χ4v) is 4.65. The van der Waals surface area contributed by atoms with E-state index in [9.17, 15) is 4.79 Å². The first-order valence-corrected chi connectivity index (χ1v) is 9.87. The molecule has 1 aromatic heterocycles. The Labute approximate surface area is 149 Å². The van der Waals surface area contributed by atoms with Crippen LogP contribution >= 0.6 is 0 Å². The minimum absolute atomic E-state index is 0.112. The lowest BCUT2D eigenvalue weighted by molar-refractivity contribution is -0.183. The molecule has 5 nitrogen and oxygen atoms in total. The maximum Gasteiger partial charge on any atom is 0.223 e. The predicted octanol–water partition coefficient (Wildman–Crippen LogP) is 4.05. The van der Waals surface area contributed by atoms with E-state index in [1.807, 2.05) is 12.1 Å². The van der Waals surface area contributed by atoms with Gasteiger partial charge in [0.05, 0.1) is 25.5 Å². The zero-order valence-corrected chi connectivity index (χ0v) is 15.0. The second-order valence-electron chi connectivity index (χ2n) is 7.72. The van der Waals surface area contributed by atoms with Gasteiger partial charge >= 0.3 is 0 Å². The van der Waals surface area contributed by atoms with E-state index in [1.165, 1.54) is 6.42 Å². The number of furan rings is 1. The molecule has 1 aromatic rings. The van der Waals surface area contributed by atoms with E-state index in [-0.39, 0.29) is 17.7 Å². The van der Waals surface area contributed by atoms with E-state index in [4.69, 9.17) is 13.9 Å². The van der Waals surface area contributed by atoms with E-state index in [0.29, 0.717) is 25.6 Å². The van der Waals surface area contributed by atoms with Crippen molar-refractivity contribution in [1.29, 1.82) is 0 Å². The highest BCUT2D eigenvalue weighted by Crippen LogP contribution is 2.40. The molecule has 3 aliphatic rings. The first-order chi connectivity index (χ1) is 12.3. The normalized spacial score (nSPS) is 27.5. The third-order valence-electron chi connectivity index (χ3n) is 6.09. The van der Waals surface area contributed by atoms with Crippen LogP contribution in [0.5, 0.6) is 0 Å². The van der Waals surface area contributed by atoms with Gasteiger partial charge in [0.25, 0.3) is 0 Å². The maximum absolute atomic E-state index is 13.1. The average Bonchev–Trinajstić information content (AvgIpc) is 3.25.